The maximum atomic E-state index is 13.0. The molecule has 0 amide bonds. The Bertz CT molecular complexity index is 989. The van der Waals surface area contributed by atoms with Crippen molar-refractivity contribution in [2.24, 2.45) is 4.99 Å². The van der Waals surface area contributed by atoms with Crippen LogP contribution in [-0.2, 0) is 13.0 Å². The summed E-state index contributed by atoms with van der Waals surface area (Å²) in [6, 6.07) is 13.9. The second-order valence-electron chi connectivity index (χ2n) is 6.46. The van der Waals surface area contributed by atoms with Crippen molar-refractivity contribution in [2.75, 3.05) is 20.2 Å². The molecule has 0 unspecified atom stereocenters. The molecule has 3 rings (SSSR count). The molecule has 8 heteroatoms. The molecule has 1 aromatic heterocycles. The van der Waals surface area contributed by atoms with E-state index in [4.69, 9.17) is 9.15 Å². The highest BCUT2D eigenvalue weighted by molar-refractivity contribution is 14.0. The lowest BCUT2D eigenvalue weighted by atomic mass is 10.2. The number of rotatable bonds is 9. The SMILES string of the molecule is C=CCOc1ccccc1CNC(=NC)NCCc1coc(-c2ccc(F)cc2)n1.I. The Balaban J connectivity index is 0.00000341. The second kappa shape index (κ2) is 12.7. The fraction of sp³-hybridized carbons (Fsp3) is 0.217. The van der Waals surface area contributed by atoms with Gasteiger partial charge in [-0.05, 0) is 30.3 Å². The fourth-order valence-electron chi connectivity index (χ4n) is 2.79. The highest BCUT2D eigenvalue weighted by Crippen LogP contribution is 2.19. The van der Waals surface area contributed by atoms with Gasteiger partial charge in [-0.1, -0.05) is 30.9 Å². The van der Waals surface area contributed by atoms with Gasteiger partial charge in [0.2, 0.25) is 5.89 Å². The van der Waals surface area contributed by atoms with Crippen LogP contribution in [0.3, 0.4) is 0 Å². The van der Waals surface area contributed by atoms with Crippen molar-refractivity contribution in [1.29, 1.82) is 0 Å². The minimum Gasteiger partial charge on any atom is -0.489 e. The molecule has 31 heavy (non-hydrogen) atoms. The summed E-state index contributed by atoms with van der Waals surface area (Å²) in [5, 5.41) is 6.54. The first-order valence-corrected chi connectivity index (χ1v) is 9.66. The van der Waals surface area contributed by atoms with Gasteiger partial charge in [-0.15, -0.1) is 24.0 Å². The van der Waals surface area contributed by atoms with Gasteiger partial charge < -0.3 is 19.8 Å². The van der Waals surface area contributed by atoms with Gasteiger partial charge >= 0.3 is 0 Å². The van der Waals surface area contributed by atoms with Gasteiger partial charge in [0.05, 0.1) is 5.69 Å². The molecule has 0 aliphatic heterocycles. The Hall–Kier alpha value is -2.88. The number of benzene rings is 2. The van der Waals surface area contributed by atoms with E-state index in [0.29, 0.717) is 38.0 Å². The van der Waals surface area contributed by atoms with E-state index in [1.165, 1.54) is 12.1 Å². The van der Waals surface area contributed by atoms with Gasteiger partial charge in [-0.25, -0.2) is 9.37 Å². The third-order valence-electron chi connectivity index (χ3n) is 4.32. The van der Waals surface area contributed by atoms with E-state index in [-0.39, 0.29) is 29.8 Å². The summed E-state index contributed by atoms with van der Waals surface area (Å²) >= 11 is 0. The molecule has 6 nitrogen and oxygen atoms in total. The summed E-state index contributed by atoms with van der Waals surface area (Å²) in [6.07, 6.45) is 3.99. The fourth-order valence-corrected chi connectivity index (χ4v) is 2.79. The normalized spacial score (nSPS) is 10.8. The number of halogens is 2. The number of oxazole rings is 1. The summed E-state index contributed by atoms with van der Waals surface area (Å²) in [6.45, 7) is 5.34. The Morgan fingerprint density at radius 2 is 1.97 bits per heavy atom. The van der Waals surface area contributed by atoms with Crippen LogP contribution < -0.4 is 15.4 Å². The maximum absolute atomic E-state index is 13.0. The van der Waals surface area contributed by atoms with E-state index >= 15 is 0 Å². The molecular weight excluding hydrogens is 510 g/mol. The number of nitrogens with zero attached hydrogens (tertiary/aromatic N) is 2. The third kappa shape index (κ3) is 7.39. The lowest BCUT2D eigenvalue weighted by Crippen LogP contribution is -2.38. The topological polar surface area (TPSA) is 71.7 Å². The van der Waals surface area contributed by atoms with Crippen molar-refractivity contribution in [2.45, 2.75) is 13.0 Å². The van der Waals surface area contributed by atoms with Crippen molar-refractivity contribution in [3.63, 3.8) is 0 Å². The van der Waals surface area contributed by atoms with E-state index in [1.807, 2.05) is 24.3 Å². The van der Waals surface area contributed by atoms with Gasteiger partial charge in [0.25, 0.3) is 0 Å². The Kier molecular flexibility index (Phi) is 10.0. The molecule has 0 saturated carbocycles. The molecule has 1 heterocycles. The van der Waals surface area contributed by atoms with Crippen molar-refractivity contribution in [3.8, 4) is 17.2 Å². The van der Waals surface area contributed by atoms with Crippen LogP contribution in [0.15, 0.2) is 76.9 Å². The van der Waals surface area contributed by atoms with Crippen LogP contribution in [0.4, 0.5) is 4.39 Å². The standard InChI is InChI=1S/C23H25FN4O2.HI/c1-3-14-29-21-7-5-4-6-18(21)15-27-23(25-2)26-13-12-20-16-30-22(28-20)17-8-10-19(24)11-9-17;/h3-11,16H,1,12-15H2,2H3,(H2,25,26,27);1H. The first kappa shape index (κ1) is 24.4. The predicted octanol–water partition coefficient (Wildman–Crippen LogP) is 4.57. The molecule has 3 aromatic rings. The van der Waals surface area contributed by atoms with E-state index in [1.54, 1.807) is 31.5 Å². The average Bonchev–Trinajstić information content (AvgIpc) is 3.24. The number of hydrogen-bond acceptors (Lipinski definition) is 4. The van der Waals surface area contributed by atoms with E-state index < -0.39 is 0 Å². The Morgan fingerprint density at radius 3 is 2.71 bits per heavy atom. The van der Waals surface area contributed by atoms with Crippen molar-refractivity contribution >= 4 is 29.9 Å². The molecule has 0 spiro atoms. The smallest absolute Gasteiger partial charge is 0.226 e. The lowest BCUT2D eigenvalue weighted by Gasteiger charge is -2.14. The van der Waals surface area contributed by atoms with Crippen LogP contribution in [0.25, 0.3) is 11.5 Å². The van der Waals surface area contributed by atoms with E-state index in [0.717, 1.165) is 22.6 Å². The van der Waals surface area contributed by atoms with Crippen LogP contribution in [0.1, 0.15) is 11.3 Å². The van der Waals surface area contributed by atoms with Crippen LogP contribution >= 0.6 is 24.0 Å². The average molecular weight is 536 g/mol. The summed E-state index contributed by atoms with van der Waals surface area (Å²) in [7, 11) is 1.72. The van der Waals surface area contributed by atoms with Crippen LogP contribution in [0.2, 0.25) is 0 Å². The first-order chi connectivity index (χ1) is 14.7. The van der Waals surface area contributed by atoms with Crippen molar-refractivity contribution in [3.05, 3.63) is 84.5 Å². The van der Waals surface area contributed by atoms with E-state index in [2.05, 4.69) is 27.2 Å². The molecule has 164 valence electrons. The maximum Gasteiger partial charge on any atom is 0.226 e. The zero-order valence-electron chi connectivity index (χ0n) is 17.3. The number of nitrogens with one attached hydrogen (secondary N) is 2. The van der Waals surface area contributed by atoms with Gasteiger partial charge in [0.1, 0.15) is 24.4 Å². The van der Waals surface area contributed by atoms with Crippen molar-refractivity contribution in [1.82, 2.24) is 15.6 Å². The minimum atomic E-state index is -0.288. The molecule has 0 bridgehead atoms. The van der Waals surface area contributed by atoms with Gasteiger partial charge in [-0.2, -0.15) is 0 Å². The molecule has 2 N–H and O–H groups in total. The number of ether oxygens (including phenoxy) is 1. The Morgan fingerprint density at radius 1 is 1.19 bits per heavy atom. The molecule has 0 saturated heterocycles. The van der Waals surface area contributed by atoms with Gasteiger partial charge in [0.15, 0.2) is 5.96 Å². The molecule has 0 aliphatic carbocycles. The summed E-state index contributed by atoms with van der Waals surface area (Å²) < 4.78 is 24.2. The molecule has 0 aliphatic rings. The molecule has 0 atom stereocenters. The minimum absolute atomic E-state index is 0. The number of guanidine groups is 1. The molecule has 0 fully saturated rings. The van der Waals surface area contributed by atoms with Crippen LogP contribution in [-0.4, -0.2) is 31.1 Å². The quantitative estimate of drug-likeness (QED) is 0.182. The molecule has 0 radical (unpaired) electrons. The first-order valence-electron chi connectivity index (χ1n) is 9.66. The van der Waals surface area contributed by atoms with Gasteiger partial charge in [0, 0.05) is 37.7 Å². The predicted molar refractivity (Wildman–Crippen MR) is 131 cm³/mol. The molecule has 2 aromatic carbocycles. The van der Waals surface area contributed by atoms with Crippen LogP contribution in [0, 0.1) is 5.82 Å². The van der Waals surface area contributed by atoms with Crippen LogP contribution in [0.5, 0.6) is 5.75 Å². The lowest BCUT2D eigenvalue weighted by molar-refractivity contribution is 0.358. The number of para-hydroxylation sites is 1. The zero-order valence-corrected chi connectivity index (χ0v) is 19.6. The van der Waals surface area contributed by atoms with Gasteiger partial charge in [-0.3, -0.25) is 4.99 Å². The van der Waals surface area contributed by atoms with E-state index in [9.17, 15) is 4.39 Å². The summed E-state index contributed by atoms with van der Waals surface area (Å²) in [5.74, 6) is 1.68. The van der Waals surface area contributed by atoms with Crippen molar-refractivity contribution < 1.29 is 13.5 Å². The molecular formula is C23H26FIN4O2. The monoisotopic (exact) mass is 536 g/mol. The summed E-state index contributed by atoms with van der Waals surface area (Å²) in [4.78, 5) is 8.70. The third-order valence-corrected chi connectivity index (χ3v) is 4.32. The number of aliphatic imine (C=N–C) groups is 1. The zero-order chi connectivity index (χ0) is 21.2. The Labute approximate surface area is 198 Å². The highest BCUT2D eigenvalue weighted by atomic mass is 127. The largest absolute Gasteiger partial charge is 0.489 e. The highest BCUT2D eigenvalue weighted by Gasteiger charge is 2.08. The number of hydrogen-bond donors (Lipinski definition) is 2. The second-order valence-corrected chi connectivity index (χ2v) is 6.46. The number of aromatic nitrogens is 1. The summed E-state index contributed by atoms with van der Waals surface area (Å²) in [5.41, 5.74) is 2.58.